The molecule has 1 aromatic rings. The van der Waals surface area contributed by atoms with Gasteiger partial charge in [-0.05, 0) is 12.1 Å². The molecule has 0 aromatic heterocycles. The second-order valence-corrected chi connectivity index (χ2v) is 3.46. The molecule has 1 rings (SSSR count). The molecule has 0 aliphatic carbocycles. The van der Waals surface area contributed by atoms with Crippen molar-refractivity contribution in [1.82, 2.24) is 0 Å². The van der Waals surface area contributed by atoms with Crippen LogP contribution in [0.5, 0.6) is 11.5 Å². The molecule has 7 heteroatoms. The Bertz CT molecular complexity index is 432. The number of rotatable bonds is 6. The molecule has 0 radical (unpaired) electrons. The predicted molar refractivity (Wildman–Crippen MR) is 66.2 cm³/mol. The standard InChI is InChI=1S/C12H13ClO6/c1-16-11(14)10(12(15)17-2)19-9-6-4-3-5-8(9)18-7-13/h3-6,10H,7H2,1-2H3. The SMILES string of the molecule is COC(=O)C(Oc1ccccc1OCCl)C(=O)OC. The summed E-state index contributed by atoms with van der Waals surface area (Å²) in [4.78, 5) is 22.9. The Kier molecular flexibility index (Phi) is 5.95. The van der Waals surface area contributed by atoms with E-state index in [2.05, 4.69) is 9.47 Å². The third-order valence-corrected chi connectivity index (χ3v) is 2.24. The summed E-state index contributed by atoms with van der Waals surface area (Å²) >= 11 is 5.46. The summed E-state index contributed by atoms with van der Waals surface area (Å²) in [6.07, 6.45) is -1.52. The van der Waals surface area contributed by atoms with Crippen LogP contribution >= 0.6 is 11.6 Å². The number of methoxy groups -OCH3 is 2. The van der Waals surface area contributed by atoms with Gasteiger partial charge in [0.25, 0.3) is 6.10 Å². The van der Waals surface area contributed by atoms with Crippen molar-refractivity contribution in [2.75, 3.05) is 20.3 Å². The number of hydrogen-bond acceptors (Lipinski definition) is 6. The lowest BCUT2D eigenvalue weighted by atomic mass is 10.3. The average molecular weight is 289 g/mol. The van der Waals surface area contributed by atoms with Crippen LogP contribution < -0.4 is 9.47 Å². The minimum absolute atomic E-state index is 0.0957. The number of para-hydroxylation sites is 2. The van der Waals surface area contributed by atoms with Gasteiger partial charge in [0.05, 0.1) is 14.2 Å². The molecule has 0 atom stereocenters. The van der Waals surface area contributed by atoms with Gasteiger partial charge in [-0.3, -0.25) is 0 Å². The van der Waals surface area contributed by atoms with E-state index in [1.54, 1.807) is 18.2 Å². The molecular weight excluding hydrogens is 276 g/mol. The Morgan fingerprint density at radius 3 is 2.11 bits per heavy atom. The minimum atomic E-state index is -1.52. The van der Waals surface area contributed by atoms with Crippen molar-refractivity contribution >= 4 is 23.5 Å². The number of carbonyl (C=O) groups is 2. The molecule has 6 nitrogen and oxygen atoms in total. The highest BCUT2D eigenvalue weighted by Crippen LogP contribution is 2.28. The molecule has 0 N–H and O–H groups in total. The first-order valence-corrected chi connectivity index (χ1v) is 5.77. The molecule has 0 amide bonds. The van der Waals surface area contributed by atoms with Gasteiger partial charge in [-0.15, -0.1) is 0 Å². The van der Waals surface area contributed by atoms with Crippen LogP contribution in [0.1, 0.15) is 0 Å². The number of halogens is 1. The molecule has 0 aliphatic heterocycles. The van der Waals surface area contributed by atoms with E-state index in [0.29, 0.717) is 5.75 Å². The summed E-state index contributed by atoms with van der Waals surface area (Å²) in [5.41, 5.74) is 0. The van der Waals surface area contributed by atoms with Crippen molar-refractivity contribution in [2.45, 2.75) is 6.10 Å². The number of esters is 2. The van der Waals surface area contributed by atoms with Gasteiger partial charge in [0.1, 0.15) is 0 Å². The van der Waals surface area contributed by atoms with Crippen molar-refractivity contribution in [3.05, 3.63) is 24.3 Å². The maximum atomic E-state index is 11.5. The van der Waals surface area contributed by atoms with Gasteiger partial charge in [-0.2, -0.15) is 0 Å². The van der Waals surface area contributed by atoms with E-state index in [1.165, 1.54) is 6.07 Å². The topological polar surface area (TPSA) is 71.1 Å². The fourth-order valence-corrected chi connectivity index (χ4v) is 1.38. The Morgan fingerprint density at radius 1 is 1.11 bits per heavy atom. The Balaban J connectivity index is 2.96. The highest BCUT2D eigenvalue weighted by molar-refractivity contribution is 6.17. The maximum absolute atomic E-state index is 11.5. The normalized spacial score (nSPS) is 9.89. The molecule has 0 heterocycles. The van der Waals surface area contributed by atoms with Crippen LogP contribution in [0.15, 0.2) is 24.3 Å². The zero-order valence-corrected chi connectivity index (χ0v) is 11.2. The third kappa shape index (κ3) is 4.03. The van der Waals surface area contributed by atoms with E-state index >= 15 is 0 Å². The highest BCUT2D eigenvalue weighted by Gasteiger charge is 2.31. The van der Waals surface area contributed by atoms with Gasteiger partial charge in [-0.1, -0.05) is 23.7 Å². The van der Waals surface area contributed by atoms with Crippen LogP contribution in [0.4, 0.5) is 0 Å². The Hall–Kier alpha value is -1.95. The lowest BCUT2D eigenvalue weighted by molar-refractivity contribution is -0.163. The van der Waals surface area contributed by atoms with E-state index < -0.39 is 18.0 Å². The molecule has 1 aromatic carbocycles. The van der Waals surface area contributed by atoms with E-state index in [-0.39, 0.29) is 11.8 Å². The largest absolute Gasteiger partial charge is 0.474 e. The molecule has 0 aliphatic rings. The summed E-state index contributed by atoms with van der Waals surface area (Å²) in [6, 6.07) is 6.37. The molecule has 0 bridgehead atoms. The monoisotopic (exact) mass is 288 g/mol. The Morgan fingerprint density at radius 2 is 1.63 bits per heavy atom. The van der Waals surface area contributed by atoms with Gasteiger partial charge >= 0.3 is 11.9 Å². The van der Waals surface area contributed by atoms with Crippen LogP contribution in [0.3, 0.4) is 0 Å². The van der Waals surface area contributed by atoms with Crippen LogP contribution in [0, 0.1) is 0 Å². The maximum Gasteiger partial charge on any atom is 0.359 e. The molecule has 0 saturated heterocycles. The lowest BCUT2D eigenvalue weighted by Gasteiger charge is -2.16. The van der Waals surface area contributed by atoms with Crippen LogP contribution in [-0.2, 0) is 19.1 Å². The van der Waals surface area contributed by atoms with Crippen molar-refractivity contribution in [3.8, 4) is 11.5 Å². The van der Waals surface area contributed by atoms with Crippen LogP contribution in [0.25, 0.3) is 0 Å². The summed E-state index contributed by atoms with van der Waals surface area (Å²) < 4.78 is 19.3. The third-order valence-electron chi connectivity index (χ3n) is 2.13. The number of alkyl halides is 1. The summed E-state index contributed by atoms with van der Waals surface area (Å²) in [5.74, 6) is -1.25. The summed E-state index contributed by atoms with van der Waals surface area (Å²) in [7, 11) is 2.28. The van der Waals surface area contributed by atoms with Crippen molar-refractivity contribution in [1.29, 1.82) is 0 Å². The van der Waals surface area contributed by atoms with Crippen LogP contribution in [-0.4, -0.2) is 38.3 Å². The molecule has 104 valence electrons. The second kappa shape index (κ2) is 7.48. The van der Waals surface area contributed by atoms with E-state index in [0.717, 1.165) is 14.2 Å². The first-order chi connectivity index (χ1) is 9.13. The van der Waals surface area contributed by atoms with E-state index in [9.17, 15) is 9.59 Å². The zero-order chi connectivity index (χ0) is 14.3. The first kappa shape index (κ1) is 15.1. The predicted octanol–water partition coefficient (Wildman–Crippen LogP) is 1.36. The van der Waals surface area contributed by atoms with Crippen molar-refractivity contribution in [2.24, 2.45) is 0 Å². The summed E-state index contributed by atoms with van der Waals surface area (Å²) in [6.45, 7) is 0. The minimum Gasteiger partial charge on any atom is -0.474 e. The highest BCUT2D eigenvalue weighted by atomic mass is 35.5. The smallest absolute Gasteiger partial charge is 0.359 e. The number of benzene rings is 1. The Labute approximate surface area is 115 Å². The van der Waals surface area contributed by atoms with Crippen LogP contribution in [0.2, 0.25) is 0 Å². The lowest BCUT2D eigenvalue weighted by Crippen LogP contribution is -2.37. The van der Waals surface area contributed by atoms with Crippen molar-refractivity contribution in [3.63, 3.8) is 0 Å². The average Bonchev–Trinajstić information content (AvgIpc) is 2.45. The molecule has 0 unspecified atom stereocenters. The number of carbonyl (C=O) groups excluding carboxylic acids is 2. The van der Waals surface area contributed by atoms with E-state index in [4.69, 9.17) is 21.1 Å². The van der Waals surface area contributed by atoms with Gasteiger partial charge in [0, 0.05) is 0 Å². The molecule has 0 saturated carbocycles. The fourth-order valence-electron chi connectivity index (χ4n) is 1.26. The zero-order valence-electron chi connectivity index (χ0n) is 10.4. The van der Waals surface area contributed by atoms with Gasteiger partial charge in [0.15, 0.2) is 17.6 Å². The van der Waals surface area contributed by atoms with E-state index in [1.807, 2.05) is 0 Å². The van der Waals surface area contributed by atoms with Gasteiger partial charge in [-0.25, -0.2) is 9.59 Å². The molecule has 0 spiro atoms. The molecular formula is C12H13ClO6. The first-order valence-electron chi connectivity index (χ1n) is 5.24. The summed E-state index contributed by atoms with van der Waals surface area (Å²) in [5, 5.41) is 0. The second-order valence-electron chi connectivity index (χ2n) is 3.24. The quantitative estimate of drug-likeness (QED) is 0.447. The molecule has 19 heavy (non-hydrogen) atoms. The van der Waals surface area contributed by atoms with Crippen molar-refractivity contribution < 1.29 is 28.5 Å². The fraction of sp³-hybridized carbons (Fsp3) is 0.333. The number of hydrogen-bond donors (Lipinski definition) is 0. The van der Waals surface area contributed by atoms with Gasteiger partial charge in [0.2, 0.25) is 0 Å². The molecule has 0 fully saturated rings. The number of ether oxygens (including phenoxy) is 4. The van der Waals surface area contributed by atoms with Gasteiger partial charge < -0.3 is 18.9 Å².